The predicted molar refractivity (Wildman–Crippen MR) is 54.4 cm³/mol. The highest BCUT2D eigenvalue weighted by Crippen LogP contribution is 1.86. The monoisotopic (exact) mass is 187 g/mol. The second-order valence-corrected chi connectivity index (χ2v) is 3.20. The summed E-state index contributed by atoms with van der Waals surface area (Å²) < 4.78 is 0. The molecule has 1 amide bonds. The van der Waals surface area contributed by atoms with Crippen LogP contribution in [0.1, 0.15) is 26.7 Å². The number of nitrogens with two attached hydrogens (primary N) is 1. The highest BCUT2D eigenvalue weighted by atomic mass is 16.1. The lowest BCUT2D eigenvalue weighted by Gasteiger charge is -2.11. The van der Waals surface area contributed by atoms with Crippen LogP contribution in [0, 0.1) is 0 Å². The van der Waals surface area contributed by atoms with E-state index in [4.69, 9.17) is 5.73 Å². The summed E-state index contributed by atoms with van der Waals surface area (Å²) in [5.41, 5.74) is 5.31. The van der Waals surface area contributed by atoms with E-state index in [1.807, 2.05) is 13.8 Å². The van der Waals surface area contributed by atoms with E-state index in [0.29, 0.717) is 13.1 Å². The van der Waals surface area contributed by atoms with Gasteiger partial charge in [0.2, 0.25) is 5.91 Å². The number of carbonyl (C=O) groups excluding carboxylic acids is 1. The van der Waals surface area contributed by atoms with Gasteiger partial charge in [0.15, 0.2) is 0 Å². The molecule has 13 heavy (non-hydrogen) atoms. The number of carbonyl (C=O) groups is 1. The molecule has 0 saturated carbocycles. The molecule has 0 aromatic carbocycles. The number of nitrogens with one attached hydrogen (secondary N) is 2. The number of amides is 1. The smallest absolute Gasteiger partial charge is 0.234 e. The molecule has 4 heteroatoms. The number of hydrogen-bond acceptors (Lipinski definition) is 3. The van der Waals surface area contributed by atoms with Crippen LogP contribution in [0.2, 0.25) is 0 Å². The maximum absolute atomic E-state index is 11.2. The highest BCUT2D eigenvalue weighted by Gasteiger charge is 2.03. The van der Waals surface area contributed by atoms with Crippen molar-refractivity contribution in [2.75, 3.05) is 19.6 Å². The summed E-state index contributed by atoms with van der Waals surface area (Å²) in [6.45, 7) is 5.92. The second kappa shape index (κ2) is 8.01. The Morgan fingerprint density at radius 1 is 1.54 bits per heavy atom. The summed E-state index contributed by atoms with van der Waals surface area (Å²) in [5.74, 6) is 0.0615. The van der Waals surface area contributed by atoms with Gasteiger partial charge in [-0.15, -0.1) is 0 Å². The Bertz CT molecular complexity index is 139. The first-order chi connectivity index (χ1) is 6.20. The molecule has 1 atom stereocenters. The van der Waals surface area contributed by atoms with Crippen molar-refractivity contribution in [3.63, 3.8) is 0 Å². The van der Waals surface area contributed by atoms with Crippen LogP contribution < -0.4 is 16.4 Å². The molecular weight excluding hydrogens is 166 g/mol. The first-order valence-corrected chi connectivity index (χ1v) is 4.90. The third kappa shape index (κ3) is 7.74. The van der Waals surface area contributed by atoms with E-state index < -0.39 is 0 Å². The van der Waals surface area contributed by atoms with Gasteiger partial charge in [0.25, 0.3) is 0 Å². The fourth-order valence-electron chi connectivity index (χ4n) is 0.857. The van der Waals surface area contributed by atoms with E-state index in [9.17, 15) is 4.79 Å². The van der Waals surface area contributed by atoms with E-state index in [2.05, 4.69) is 10.6 Å². The Morgan fingerprint density at radius 3 is 2.77 bits per heavy atom. The average Bonchev–Trinajstić information content (AvgIpc) is 2.12. The molecule has 0 aromatic rings. The predicted octanol–water partition coefficient (Wildman–Crippen LogP) is -0.160. The van der Waals surface area contributed by atoms with Gasteiger partial charge in [0.1, 0.15) is 0 Å². The van der Waals surface area contributed by atoms with Gasteiger partial charge in [-0.05, 0) is 32.9 Å². The minimum atomic E-state index is 0.0615. The zero-order valence-electron chi connectivity index (χ0n) is 8.60. The molecule has 0 heterocycles. The van der Waals surface area contributed by atoms with E-state index >= 15 is 0 Å². The number of hydrogen-bond donors (Lipinski definition) is 3. The Kier molecular flexibility index (Phi) is 7.63. The summed E-state index contributed by atoms with van der Waals surface area (Å²) >= 11 is 0. The van der Waals surface area contributed by atoms with Crippen LogP contribution in [0.25, 0.3) is 0 Å². The summed E-state index contributed by atoms with van der Waals surface area (Å²) in [6.07, 6.45) is 1.88. The lowest BCUT2D eigenvalue weighted by molar-refractivity contribution is -0.120. The van der Waals surface area contributed by atoms with Crippen molar-refractivity contribution in [1.29, 1.82) is 0 Å². The van der Waals surface area contributed by atoms with E-state index in [-0.39, 0.29) is 11.9 Å². The van der Waals surface area contributed by atoms with Crippen LogP contribution in [-0.4, -0.2) is 31.6 Å². The lowest BCUT2D eigenvalue weighted by atomic mass is 10.2. The molecule has 0 aliphatic heterocycles. The fraction of sp³-hybridized carbons (Fsp3) is 0.889. The molecule has 0 aromatic heterocycles. The minimum Gasteiger partial charge on any atom is -0.353 e. The SMILES string of the molecule is CCC(C)NC(=O)CNCCCN. The molecule has 0 bridgehead atoms. The Labute approximate surface area is 80.3 Å². The summed E-state index contributed by atoms with van der Waals surface area (Å²) in [4.78, 5) is 11.2. The van der Waals surface area contributed by atoms with Gasteiger partial charge < -0.3 is 16.4 Å². The molecule has 0 saturated heterocycles. The Balaban J connectivity index is 3.30. The zero-order valence-corrected chi connectivity index (χ0v) is 8.60. The van der Waals surface area contributed by atoms with Crippen LogP contribution in [0.4, 0.5) is 0 Å². The molecule has 4 nitrogen and oxygen atoms in total. The zero-order chi connectivity index (χ0) is 10.1. The molecule has 0 fully saturated rings. The molecule has 0 aliphatic carbocycles. The van der Waals surface area contributed by atoms with Crippen LogP contribution >= 0.6 is 0 Å². The maximum atomic E-state index is 11.2. The van der Waals surface area contributed by atoms with Gasteiger partial charge in [-0.2, -0.15) is 0 Å². The van der Waals surface area contributed by atoms with Gasteiger partial charge in [-0.1, -0.05) is 6.92 Å². The van der Waals surface area contributed by atoms with Gasteiger partial charge in [-0.25, -0.2) is 0 Å². The summed E-state index contributed by atoms with van der Waals surface area (Å²) in [7, 11) is 0. The molecule has 0 rings (SSSR count). The van der Waals surface area contributed by atoms with Crippen molar-refractivity contribution in [3.8, 4) is 0 Å². The lowest BCUT2D eigenvalue weighted by Crippen LogP contribution is -2.39. The molecule has 0 radical (unpaired) electrons. The van der Waals surface area contributed by atoms with Gasteiger partial charge in [0.05, 0.1) is 6.54 Å². The molecule has 4 N–H and O–H groups in total. The maximum Gasteiger partial charge on any atom is 0.234 e. The van der Waals surface area contributed by atoms with E-state index in [1.54, 1.807) is 0 Å². The first-order valence-electron chi connectivity index (χ1n) is 4.90. The molecule has 0 spiro atoms. The van der Waals surface area contributed by atoms with E-state index in [1.165, 1.54) is 0 Å². The topological polar surface area (TPSA) is 67.2 Å². The van der Waals surface area contributed by atoms with E-state index in [0.717, 1.165) is 19.4 Å². The van der Waals surface area contributed by atoms with Crippen molar-refractivity contribution in [2.24, 2.45) is 5.73 Å². The van der Waals surface area contributed by atoms with Crippen molar-refractivity contribution in [2.45, 2.75) is 32.7 Å². The summed E-state index contributed by atoms with van der Waals surface area (Å²) in [6, 6.07) is 0.267. The number of rotatable bonds is 7. The highest BCUT2D eigenvalue weighted by molar-refractivity contribution is 5.78. The normalized spacial score (nSPS) is 12.5. The summed E-state index contributed by atoms with van der Waals surface area (Å²) in [5, 5.41) is 5.90. The second-order valence-electron chi connectivity index (χ2n) is 3.20. The minimum absolute atomic E-state index is 0.0615. The third-order valence-electron chi connectivity index (χ3n) is 1.86. The largest absolute Gasteiger partial charge is 0.353 e. The average molecular weight is 187 g/mol. The van der Waals surface area contributed by atoms with Crippen molar-refractivity contribution >= 4 is 5.91 Å². The molecule has 0 aliphatic rings. The van der Waals surface area contributed by atoms with Crippen LogP contribution in [-0.2, 0) is 4.79 Å². The van der Waals surface area contributed by atoms with Crippen molar-refractivity contribution < 1.29 is 4.79 Å². The van der Waals surface area contributed by atoms with Gasteiger partial charge in [0, 0.05) is 6.04 Å². The molecule has 1 unspecified atom stereocenters. The van der Waals surface area contributed by atoms with Crippen molar-refractivity contribution in [1.82, 2.24) is 10.6 Å². The third-order valence-corrected chi connectivity index (χ3v) is 1.86. The van der Waals surface area contributed by atoms with Crippen LogP contribution in [0.3, 0.4) is 0 Å². The van der Waals surface area contributed by atoms with Crippen molar-refractivity contribution in [3.05, 3.63) is 0 Å². The van der Waals surface area contributed by atoms with Gasteiger partial charge in [-0.3, -0.25) is 4.79 Å². The van der Waals surface area contributed by atoms with Gasteiger partial charge >= 0.3 is 0 Å². The molecular formula is C9H21N3O. The Hall–Kier alpha value is -0.610. The van der Waals surface area contributed by atoms with Crippen LogP contribution in [0.5, 0.6) is 0 Å². The first kappa shape index (κ1) is 12.4. The van der Waals surface area contributed by atoms with Crippen LogP contribution in [0.15, 0.2) is 0 Å². The quantitative estimate of drug-likeness (QED) is 0.485. The fourth-order valence-corrected chi connectivity index (χ4v) is 0.857. The standard InChI is InChI=1S/C9H21N3O/c1-3-8(2)12-9(13)7-11-6-4-5-10/h8,11H,3-7,10H2,1-2H3,(H,12,13). The Morgan fingerprint density at radius 2 is 2.23 bits per heavy atom. The molecule has 78 valence electrons.